The molecule has 0 spiro atoms. The molecule has 0 aliphatic carbocycles. The molecule has 0 unspecified atom stereocenters. The average Bonchev–Trinajstić information content (AvgIpc) is 2.82. The van der Waals surface area contributed by atoms with E-state index in [-0.39, 0.29) is 11.3 Å². The topological polar surface area (TPSA) is 73.2 Å². The van der Waals surface area contributed by atoms with E-state index >= 15 is 0 Å². The standard InChI is InChI=1S/C25H20BrN3O3/c1-16-23(30)22(17-10-14-21(32-2)15-11-17)24(29(28-16)20-6-4-3-5-7-20)27-25(31)18-8-12-19(26)13-9-18/h3-15H,1-2H3,(H,27,31). The Morgan fingerprint density at radius 2 is 1.62 bits per heavy atom. The molecular formula is C25H20BrN3O3. The van der Waals surface area contributed by atoms with Crippen LogP contribution in [0, 0.1) is 6.92 Å². The first-order chi connectivity index (χ1) is 15.5. The van der Waals surface area contributed by atoms with Crippen molar-refractivity contribution in [3.05, 3.63) is 105 Å². The summed E-state index contributed by atoms with van der Waals surface area (Å²) in [4.78, 5) is 26.3. The lowest BCUT2D eigenvalue weighted by Gasteiger charge is -2.18. The molecule has 1 amide bonds. The van der Waals surface area contributed by atoms with Crippen molar-refractivity contribution in [3.63, 3.8) is 0 Å². The number of hydrogen-bond donors (Lipinski definition) is 1. The summed E-state index contributed by atoms with van der Waals surface area (Å²) >= 11 is 3.38. The highest BCUT2D eigenvalue weighted by molar-refractivity contribution is 9.10. The van der Waals surface area contributed by atoms with E-state index < -0.39 is 0 Å². The van der Waals surface area contributed by atoms with E-state index in [1.54, 1.807) is 67.2 Å². The van der Waals surface area contributed by atoms with Crippen LogP contribution in [-0.4, -0.2) is 22.8 Å². The summed E-state index contributed by atoms with van der Waals surface area (Å²) in [5.74, 6) is 0.621. The van der Waals surface area contributed by atoms with Crippen molar-refractivity contribution in [2.45, 2.75) is 6.92 Å². The maximum atomic E-state index is 13.2. The van der Waals surface area contributed by atoms with E-state index in [0.29, 0.717) is 34.0 Å². The molecule has 0 fully saturated rings. The smallest absolute Gasteiger partial charge is 0.256 e. The molecule has 0 aliphatic rings. The predicted octanol–water partition coefficient (Wildman–Crippen LogP) is 5.23. The van der Waals surface area contributed by atoms with Crippen LogP contribution in [0.4, 0.5) is 5.82 Å². The van der Waals surface area contributed by atoms with Crippen LogP contribution < -0.4 is 15.5 Å². The number of halogens is 1. The summed E-state index contributed by atoms with van der Waals surface area (Å²) < 4.78 is 7.70. The molecule has 0 aliphatic heterocycles. The number of methoxy groups -OCH3 is 1. The highest BCUT2D eigenvalue weighted by atomic mass is 79.9. The van der Waals surface area contributed by atoms with Gasteiger partial charge in [0.15, 0.2) is 0 Å². The first kappa shape index (κ1) is 21.5. The van der Waals surface area contributed by atoms with Gasteiger partial charge in [0.05, 0.1) is 18.4 Å². The molecule has 0 bridgehead atoms. The number of nitrogens with zero attached hydrogens (tertiary/aromatic N) is 2. The van der Waals surface area contributed by atoms with Crippen LogP contribution in [-0.2, 0) is 0 Å². The zero-order valence-electron chi connectivity index (χ0n) is 17.5. The van der Waals surface area contributed by atoms with Gasteiger partial charge >= 0.3 is 0 Å². The zero-order chi connectivity index (χ0) is 22.7. The second-order valence-electron chi connectivity index (χ2n) is 7.08. The van der Waals surface area contributed by atoms with Crippen LogP contribution in [0.3, 0.4) is 0 Å². The predicted molar refractivity (Wildman–Crippen MR) is 129 cm³/mol. The Hall–Kier alpha value is -3.71. The third kappa shape index (κ3) is 4.33. The molecule has 0 saturated heterocycles. The van der Waals surface area contributed by atoms with Gasteiger partial charge in [0.25, 0.3) is 5.91 Å². The van der Waals surface area contributed by atoms with Crippen LogP contribution in [0.5, 0.6) is 5.75 Å². The summed E-state index contributed by atoms with van der Waals surface area (Å²) in [5, 5.41) is 7.40. The highest BCUT2D eigenvalue weighted by Crippen LogP contribution is 2.29. The van der Waals surface area contributed by atoms with Crippen LogP contribution in [0.1, 0.15) is 16.1 Å². The third-order valence-electron chi connectivity index (χ3n) is 4.97. The monoisotopic (exact) mass is 489 g/mol. The molecule has 6 nitrogen and oxygen atoms in total. The molecule has 1 heterocycles. The lowest BCUT2D eigenvalue weighted by molar-refractivity contribution is 0.102. The average molecular weight is 490 g/mol. The largest absolute Gasteiger partial charge is 0.497 e. The minimum absolute atomic E-state index is 0.256. The second kappa shape index (κ2) is 9.20. The molecule has 160 valence electrons. The molecule has 1 aromatic heterocycles. The lowest BCUT2D eigenvalue weighted by Crippen LogP contribution is -2.24. The van der Waals surface area contributed by atoms with Crippen molar-refractivity contribution in [2.24, 2.45) is 0 Å². The van der Waals surface area contributed by atoms with Gasteiger partial charge in [-0.15, -0.1) is 0 Å². The fourth-order valence-electron chi connectivity index (χ4n) is 3.32. The Bertz CT molecular complexity index is 1320. The third-order valence-corrected chi connectivity index (χ3v) is 5.50. The van der Waals surface area contributed by atoms with Crippen LogP contribution >= 0.6 is 15.9 Å². The fraction of sp³-hybridized carbons (Fsp3) is 0.0800. The van der Waals surface area contributed by atoms with Crippen molar-refractivity contribution in [1.29, 1.82) is 0 Å². The second-order valence-corrected chi connectivity index (χ2v) is 7.99. The molecule has 32 heavy (non-hydrogen) atoms. The number of amides is 1. The van der Waals surface area contributed by atoms with Gasteiger partial charge in [-0.1, -0.05) is 46.3 Å². The van der Waals surface area contributed by atoms with Crippen molar-refractivity contribution >= 4 is 27.7 Å². The van der Waals surface area contributed by atoms with Gasteiger partial charge in [-0.2, -0.15) is 5.10 Å². The number of carbonyl (C=O) groups is 1. The number of hydrogen-bond acceptors (Lipinski definition) is 4. The molecule has 0 atom stereocenters. The molecule has 1 N–H and O–H groups in total. The Kier molecular flexibility index (Phi) is 6.18. The van der Waals surface area contributed by atoms with E-state index in [9.17, 15) is 9.59 Å². The van der Waals surface area contributed by atoms with Crippen LogP contribution in [0.15, 0.2) is 88.1 Å². The Morgan fingerprint density at radius 1 is 0.969 bits per heavy atom. The number of para-hydroxylation sites is 1. The number of aryl methyl sites for hydroxylation is 1. The minimum Gasteiger partial charge on any atom is -0.497 e. The van der Waals surface area contributed by atoms with Gasteiger partial charge in [-0.25, -0.2) is 4.68 Å². The molecular weight excluding hydrogens is 470 g/mol. The van der Waals surface area contributed by atoms with Gasteiger partial charge < -0.3 is 10.1 Å². The number of aromatic nitrogens is 2. The van der Waals surface area contributed by atoms with Crippen LogP contribution in [0.2, 0.25) is 0 Å². The van der Waals surface area contributed by atoms with Crippen molar-refractivity contribution in [3.8, 4) is 22.6 Å². The summed E-state index contributed by atoms with van der Waals surface area (Å²) in [6, 6.07) is 23.5. The summed E-state index contributed by atoms with van der Waals surface area (Å²) in [7, 11) is 1.58. The summed E-state index contributed by atoms with van der Waals surface area (Å²) in [6.45, 7) is 1.66. The van der Waals surface area contributed by atoms with Crippen molar-refractivity contribution in [1.82, 2.24) is 9.78 Å². The zero-order valence-corrected chi connectivity index (χ0v) is 19.1. The van der Waals surface area contributed by atoms with Gasteiger partial charge in [-0.3, -0.25) is 9.59 Å². The Balaban J connectivity index is 1.93. The fourth-order valence-corrected chi connectivity index (χ4v) is 3.58. The van der Waals surface area contributed by atoms with Crippen molar-refractivity contribution in [2.75, 3.05) is 12.4 Å². The summed E-state index contributed by atoms with van der Waals surface area (Å²) in [6.07, 6.45) is 0. The highest BCUT2D eigenvalue weighted by Gasteiger charge is 2.21. The van der Waals surface area contributed by atoms with Gasteiger partial charge in [0, 0.05) is 10.0 Å². The number of ether oxygens (including phenoxy) is 1. The van der Waals surface area contributed by atoms with Gasteiger partial charge in [0.1, 0.15) is 17.3 Å². The molecule has 0 radical (unpaired) electrons. The molecule has 3 aromatic carbocycles. The molecule has 4 rings (SSSR count). The molecule has 4 aromatic rings. The summed E-state index contributed by atoms with van der Waals surface area (Å²) in [5.41, 5.74) is 2.25. The van der Waals surface area contributed by atoms with E-state index in [4.69, 9.17) is 4.74 Å². The number of rotatable bonds is 5. The van der Waals surface area contributed by atoms with Crippen LogP contribution in [0.25, 0.3) is 16.8 Å². The first-order valence-electron chi connectivity index (χ1n) is 9.88. The van der Waals surface area contributed by atoms with Crippen molar-refractivity contribution < 1.29 is 9.53 Å². The van der Waals surface area contributed by atoms with E-state index in [2.05, 4.69) is 26.3 Å². The maximum absolute atomic E-state index is 13.2. The van der Waals surface area contributed by atoms with E-state index in [1.807, 2.05) is 30.3 Å². The number of anilines is 1. The van der Waals surface area contributed by atoms with Gasteiger partial charge in [-0.05, 0) is 61.0 Å². The number of carbonyl (C=O) groups excluding carboxylic acids is 1. The number of benzene rings is 3. The first-order valence-corrected chi connectivity index (χ1v) is 10.7. The SMILES string of the molecule is COc1ccc(-c2c(NC(=O)c3ccc(Br)cc3)n(-c3ccccc3)nc(C)c2=O)cc1. The minimum atomic E-state index is -0.345. The normalized spacial score (nSPS) is 10.6. The molecule has 7 heteroatoms. The van der Waals surface area contributed by atoms with E-state index in [0.717, 1.165) is 10.2 Å². The van der Waals surface area contributed by atoms with Gasteiger partial charge in [0.2, 0.25) is 5.43 Å². The van der Waals surface area contributed by atoms with E-state index in [1.165, 1.54) is 0 Å². The Labute approximate surface area is 193 Å². The maximum Gasteiger partial charge on any atom is 0.256 e. The lowest BCUT2D eigenvalue weighted by atomic mass is 10.0. The number of nitrogens with one attached hydrogen (secondary N) is 1. The molecule has 0 saturated carbocycles. The quantitative estimate of drug-likeness (QED) is 0.416. The Morgan fingerprint density at radius 3 is 2.25 bits per heavy atom.